The Morgan fingerprint density at radius 1 is 1.05 bits per heavy atom. The second kappa shape index (κ2) is 5.69. The third kappa shape index (κ3) is 2.78. The predicted octanol–water partition coefficient (Wildman–Crippen LogP) is 4.39. The van der Waals surface area contributed by atoms with Crippen molar-refractivity contribution in [3.8, 4) is 0 Å². The molecular weight excluding hydrogens is 294 g/mol. The van der Waals surface area contributed by atoms with E-state index in [1.165, 1.54) is 11.3 Å². The summed E-state index contributed by atoms with van der Waals surface area (Å²) in [6.45, 7) is 0. The summed E-state index contributed by atoms with van der Waals surface area (Å²) in [6, 6.07) is 9.81. The first-order valence-corrected chi connectivity index (χ1v) is 8.44. The number of thiophene rings is 3. The molecule has 1 N–H and O–H groups in total. The van der Waals surface area contributed by atoms with Crippen molar-refractivity contribution in [2.24, 2.45) is 0 Å². The number of carbonyl (C=O) groups excluding carboxylic acids is 1. The number of hydrogen-bond donors (Lipinski definition) is 1. The predicted molar refractivity (Wildman–Crippen MR) is 82.3 cm³/mol. The van der Waals surface area contributed by atoms with Crippen molar-refractivity contribution in [3.63, 3.8) is 0 Å². The molecule has 0 saturated carbocycles. The van der Waals surface area contributed by atoms with E-state index in [4.69, 9.17) is 0 Å². The van der Waals surface area contributed by atoms with Gasteiger partial charge in [-0.1, -0.05) is 12.1 Å². The van der Waals surface area contributed by atoms with Gasteiger partial charge in [0.15, 0.2) is 0 Å². The monoisotopic (exact) mass is 305 g/mol. The summed E-state index contributed by atoms with van der Waals surface area (Å²) < 4.78 is 0. The van der Waals surface area contributed by atoms with Crippen LogP contribution < -0.4 is 5.32 Å². The van der Waals surface area contributed by atoms with Crippen molar-refractivity contribution in [1.82, 2.24) is 5.32 Å². The van der Waals surface area contributed by atoms with Gasteiger partial charge in [-0.2, -0.15) is 11.3 Å². The normalized spacial score (nSPS) is 12.2. The van der Waals surface area contributed by atoms with Gasteiger partial charge in [-0.25, -0.2) is 0 Å². The van der Waals surface area contributed by atoms with E-state index in [0.29, 0.717) is 0 Å². The second-order valence-electron chi connectivity index (χ2n) is 3.96. The van der Waals surface area contributed by atoms with E-state index >= 15 is 0 Å². The summed E-state index contributed by atoms with van der Waals surface area (Å²) in [6.07, 6.45) is 0. The maximum atomic E-state index is 12.2. The molecule has 1 amide bonds. The molecule has 3 heterocycles. The van der Waals surface area contributed by atoms with Gasteiger partial charge < -0.3 is 5.32 Å². The van der Waals surface area contributed by atoms with Crippen LogP contribution in [0.15, 0.2) is 51.9 Å². The maximum Gasteiger partial charge on any atom is 0.262 e. The zero-order valence-electron chi connectivity index (χ0n) is 9.91. The highest BCUT2D eigenvalue weighted by Gasteiger charge is 2.19. The first-order valence-electron chi connectivity index (χ1n) is 5.74. The molecule has 2 nitrogen and oxygen atoms in total. The molecule has 0 bridgehead atoms. The quantitative estimate of drug-likeness (QED) is 0.761. The zero-order chi connectivity index (χ0) is 13.1. The topological polar surface area (TPSA) is 29.1 Å². The highest BCUT2D eigenvalue weighted by atomic mass is 32.1. The van der Waals surface area contributed by atoms with Crippen molar-refractivity contribution >= 4 is 39.9 Å². The molecular formula is C14H11NOS3. The van der Waals surface area contributed by atoms with Gasteiger partial charge in [-0.15, -0.1) is 22.7 Å². The Morgan fingerprint density at radius 3 is 2.53 bits per heavy atom. The Hall–Kier alpha value is -1.43. The molecule has 3 aromatic rings. The summed E-state index contributed by atoms with van der Waals surface area (Å²) >= 11 is 4.77. The lowest BCUT2D eigenvalue weighted by Crippen LogP contribution is -2.27. The molecule has 0 unspecified atom stereocenters. The van der Waals surface area contributed by atoms with Gasteiger partial charge in [-0.05, 0) is 45.3 Å². The summed E-state index contributed by atoms with van der Waals surface area (Å²) in [5.74, 6) is -0.0143. The SMILES string of the molecule is O=C(N[C@H](c1ccsc1)c1cccs1)c1cccs1. The van der Waals surface area contributed by atoms with Gasteiger partial charge in [0, 0.05) is 4.88 Å². The summed E-state index contributed by atoms with van der Waals surface area (Å²) in [5.41, 5.74) is 1.14. The van der Waals surface area contributed by atoms with Gasteiger partial charge in [-0.3, -0.25) is 4.79 Å². The minimum Gasteiger partial charge on any atom is -0.340 e. The van der Waals surface area contributed by atoms with Crippen LogP contribution in [0.2, 0.25) is 0 Å². The first-order chi connectivity index (χ1) is 9.34. The number of carbonyl (C=O) groups is 1. The standard InChI is InChI=1S/C14H11NOS3/c16-14(12-4-2-7-19-12)15-13(10-5-8-17-9-10)11-3-1-6-18-11/h1-9,13H,(H,15,16)/t13-/m1/s1. The van der Waals surface area contributed by atoms with Gasteiger partial charge in [0.2, 0.25) is 0 Å². The summed E-state index contributed by atoms with van der Waals surface area (Å²) in [7, 11) is 0. The largest absolute Gasteiger partial charge is 0.340 e. The fourth-order valence-electron chi connectivity index (χ4n) is 1.82. The molecule has 0 aliphatic heterocycles. The number of rotatable bonds is 4. The Morgan fingerprint density at radius 2 is 1.89 bits per heavy atom. The molecule has 0 aliphatic rings. The van der Waals surface area contributed by atoms with Crippen LogP contribution in [0.25, 0.3) is 0 Å². The van der Waals surface area contributed by atoms with Gasteiger partial charge in [0.05, 0.1) is 10.9 Å². The van der Waals surface area contributed by atoms with Gasteiger partial charge >= 0.3 is 0 Å². The smallest absolute Gasteiger partial charge is 0.262 e. The molecule has 5 heteroatoms. The first kappa shape index (κ1) is 12.6. The molecule has 0 aliphatic carbocycles. The number of nitrogens with one attached hydrogen (secondary N) is 1. The van der Waals surface area contributed by atoms with Crippen molar-refractivity contribution in [2.45, 2.75) is 6.04 Å². The van der Waals surface area contributed by atoms with Crippen molar-refractivity contribution in [2.75, 3.05) is 0 Å². The number of amides is 1. The Bertz CT molecular complexity index is 592. The maximum absolute atomic E-state index is 12.2. The number of hydrogen-bond acceptors (Lipinski definition) is 4. The van der Waals surface area contributed by atoms with Gasteiger partial charge in [0.25, 0.3) is 5.91 Å². The fourth-order valence-corrected chi connectivity index (χ4v) is 3.94. The van der Waals surface area contributed by atoms with Crippen LogP contribution in [0.3, 0.4) is 0 Å². The third-order valence-electron chi connectivity index (χ3n) is 2.72. The second-order valence-corrected chi connectivity index (χ2v) is 6.66. The molecule has 96 valence electrons. The van der Waals surface area contributed by atoms with E-state index in [0.717, 1.165) is 15.3 Å². The fraction of sp³-hybridized carbons (Fsp3) is 0.0714. The van der Waals surface area contributed by atoms with Crippen LogP contribution in [0.5, 0.6) is 0 Å². The van der Waals surface area contributed by atoms with E-state index in [9.17, 15) is 4.79 Å². The summed E-state index contributed by atoms with van der Waals surface area (Å²) in [5, 5.41) is 11.2. The molecule has 0 radical (unpaired) electrons. The molecule has 1 atom stereocenters. The Labute approximate surface area is 123 Å². The van der Waals surface area contributed by atoms with E-state index in [1.54, 1.807) is 22.7 Å². The Balaban J connectivity index is 1.87. The van der Waals surface area contributed by atoms with Crippen molar-refractivity contribution in [3.05, 3.63) is 67.2 Å². The molecule has 0 fully saturated rings. The van der Waals surface area contributed by atoms with Crippen molar-refractivity contribution < 1.29 is 4.79 Å². The van der Waals surface area contributed by atoms with Gasteiger partial charge in [0.1, 0.15) is 0 Å². The lowest BCUT2D eigenvalue weighted by molar-refractivity contribution is 0.0947. The van der Waals surface area contributed by atoms with Crippen LogP contribution in [0.1, 0.15) is 26.2 Å². The van der Waals surface area contributed by atoms with Crippen LogP contribution in [0, 0.1) is 0 Å². The third-order valence-corrected chi connectivity index (χ3v) is 5.23. The molecule has 19 heavy (non-hydrogen) atoms. The van der Waals surface area contributed by atoms with E-state index in [-0.39, 0.29) is 11.9 Å². The van der Waals surface area contributed by atoms with E-state index in [1.807, 2.05) is 34.3 Å². The van der Waals surface area contributed by atoms with E-state index in [2.05, 4.69) is 22.8 Å². The molecule has 0 spiro atoms. The van der Waals surface area contributed by atoms with Crippen LogP contribution >= 0.6 is 34.0 Å². The average molecular weight is 305 g/mol. The lowest BCUT2D eigenvalue weighted by Gasteiger charge is -2.16. The summed E-state index contributed by atoms with van der Waals surface area (Å²) in [4.78, 5) is 14.1. The lowest BCUT2D eigenvalue weighted by atomic mass is 10.1. The Kier molecular flexibility index (Phi) is 3.77. The molecule has 3 rings (SSSR count). The van der Waals surface area contributed by atoms with Crippen LogP contribution in [-0.4, -0.2) is 5.91 Å². The zero-order valence-corrected chi connectivity index (χ0v) is 12.4. The van der Waals surface area contributed by atoms with Crippen LogP contribution in [0.4, 0.5) is 0 Å². The molecule has 0 aromatic carbocycles. The molecule has 3 aromatic heterocycles. The molecule has 0 saturated heterocycles. The average Bonchev–Trinajstić information content (AvgIpc) is 3.17. The minimum atomic E-state index is -0.0548. The van der Waals surface area contributed by atoms with E-state index < -0.39 is 0 Å². The highest BCUT2D eigenvalue weighted by Crippen LogP contribution is 2.28. The minimum absolute atomic E-state index is 0.0143. The van der Waals surface area contributed by atoms with Crippen molar-refractivity contribution in [1.29, 1.82) is 0 Å². The van der Waals surface area contributed by atoms with Crippen LogP contribution in [-0.2, 0) is 0 Å². The highest BCUT2D eigenvalue weighted by molar-refractivity contribution is 7.12.